The number of nitrogens with one attached hydrogen (secondary N) is 1. The first kappa shape index (κ1) is 21.7. The van der Waals surface area contributed by atoms with Crippen LogP contribution in [0, 0.1) is 6.92 Å². The number of imide groups is 1. The Hall–Kier alpha value is -3.52. The van der Waals surface area contributed by atoms with Crippen molar-refractivity contribution in [3.05, 3.63) is 70.3 Å². The Kier molecular flexibility index (Phi) is 6.32. The molecule has 164 valence electrons. The van der Waals surface area contributed by atoms with Gasteiger partial charge in [-0.25, -0.2) is 0 Å². The van der Waals surface area contributed by atoms with Gasteiger partial charge in [-0.1, -0.05) is 24.3 Å². The second-order valence-corrected chi connectivity index (χ2v) is 8.39. The molecule has 1 N–H and O–H groups in total. The van der Waals surface area contributed by atoms with Crippen molar-refractivity contribution in [2.24, 2.45) is 0 Å². The number of hydrogen-bond donors (Lipinski definition) is 1. The number of amides is 3. The number of nitrogens with zero attached hydrogens (tertiary/aromatic N) is 1. The molecule has 7 nitrogen and oxygen atoms in total. The molecular formula is C24H22N2O5S. The molecule has 3 amide bonds. The summed E-state index contributed by atoms with van der Waals surface area (Å²) in [6.45, 7) is 2.27. The van der Waals surface area contributed by atoms with Gasteiger partial charge in [0.1, 0.15) is 11.3 Å². The van der Waals surface area contributed by atoms with Gasteiger partial charge in [0.15, 0.2) is 0 Å². The molecule has 0 spiro atoms. The van der Waals surface area contributed by atoms with E-state index in [2.05, 4.69) is 5.32 Å². The third kappa shape index (κ3) is 4.70. The van der Waals surface area contributed by atoms with Gasteiger partial charge in [-0.2, -0.15) is 0 Å². The normalized spacial score (nSPS) is 15.1. The minimum Gasteiger partial charge on any atom is -0.497 e. The van der Waals surface area contributed by atoms with Gasteiger partial charge in [-0.05, 0) is 54.1 Å². The van der Waals surface area contributed by atoms with Crippen molar-refractivity contribution in [1.29, 1.82) is 0 Å². The Morgan fingerprint density at radius 2 is 1.97 bits per heavy atom. The molecular weight excluding hydrogens is 428 g/mol. The highest BCUT2D eigenvalue weighted by Crippen LogP contribution is 2.32. The number of furan rings is 1. The molecule has 0 unspecified atom stereocenters. The zero-order valence-corrected chi connectivity index (χ0v) is 18.5. The van der Waals surface area contributed by atoms with Crippen LogP contribution in [-0.2, 0) is 16.0 Å². The number of fused-ring (bicyclic) bond motifs is 1. The van der Waals surface area contributed by atoms with E-state index in [4.69, 9.17) is 9.15 Å². The topological polar surface area (TPSA) is 88.8 Å². The third-order valence-corrected chi connectivity index (χ3v) is 6.01. The molecule has 0 saturated carbocycles. The molecule has 8 heteroatoms. The average molecular weight is 451 g/mol. The van der Waals surface area contributed by atoms with Gasteiger partial charge in [0.2, 0.25) is 5.91 Å². The standard InChI is InChI=1S/C24H22N2O5S/c1-15-3-8-19-17(14-31-20(19)11-15)13-22(27)25-9-10-26-23(28)21(32-24(26)29)12-16-4-6-18(30-2)7-5-16/h3-8,11-12,14H,9-10,13H2,1-2H3,(H,25,27). The summed E-state index contributed by atoms with van der Waals surface area (Å²) in [5.74, 6) is 0.153. The van der Waals surface area contributed by atoms with Gasteiger partial charge in [-0.15, -0.1) is 0 Å². The summed E-state index contributed by atoms with van der Waals surface area (Å²) in [6.07, 6.45) is 3.42. The lowest BCUT2D eigenvalue weighted by molar-refractivity contribution is -0.124. The van der Waals surface area contributed by atoms with Crippen LogP contribution in [0.1, 0.15) is 16.7 Å². The van der Waals surface area contributed by atoms with Crippen molar-refractivity contribution in [3.8, 4) is 5.75 Å². The fourth-order valence-corrected chi connectivity index (χ4v) is 4.28. The molecule has 1 fully saturated rings. The third-order valence-electron chi connectivity index (χ3n) is 5.11. The number of carbonyl (C=O) groups excluding carboxylic acids is 3. The maximum absolute atomic E-state index is 12.6. The zero-order chi connectivity index (χ0) is 22.7. The molecule has 0 radical (unpaired) electrons. The van der Waals surface area contributed by atoms with Crippen molar-refractivity contribution < 1.29 is 23.5 Å². The summed E-state index contributed by atoms with van der Waals surface area (Å²) >= 11 is 0.894. The fourth-order valence-electron chi connectivity index (χ4n) is 3.41. The van der Waals surface area contributed by atoms with E-state index in [1.165, 1.54) is 0 Å². The number of hydrogen-bond acceptors (Lipinski definition) is 6. The highest BCUT2D eigenvalue weighted by molar-refractivity contribution is 8.18. The molecule has 4 rings (SSSR count). The van der Waals surface area contributed by atoms with Crippen molar-refractivity contribution in [1.82, 2.24) is 10.2 Å². The lowest BCUT2D eigenvalue weighted by atomic mass is 10.1. The minimum absolute atomic E-state index is 0.113. The number of benzene rings is 2. The molecule has 2 heterocycles. The summed E-state index contributed by atoms with van der Waals surface area (Å²) in [5.41, 5.74) is 3.42. The van der Waals surface area contributed by atoms with Gasteiger partial charge in [0, 0.05) is 24.0 Å². The first-order chi connectivity index (χ1) is 15.4. The molecule has 1 aliphatic heterocycles. The van der Waals surface area contributed by atoms with Gasteiger partial charge >= 0.3 is 0 Å². The van der Waals surface area contributed by atoms with E-state index in [-0.39, 0.29) is 36.6 Å². The number of carbonyl (C=O) groups is 3. The summed E-state index contributed by atoms with van der Waals surface area (Å²) in [4.78, 5) is 38.7. The van der Waals surface area contributed by atoms with Gasteiger partial charge in [0.25, 0.3) is 11.1 Å². The number of rotatable bonds is 7. The number of thioether (sulfide) groups is 1. The summed E-state index contributed by atoms with van der Waals surface area (Å²) in [6, 6.07) is 13.0. The van der Waals surface area contributed by atoms with Crippen LogP contribution >= 0.6 is 11.8 Å². The van der Waals surface area contributed by atoms with E-state index in [0.717, 1.165) is 44.3 Å². The first-order valence-electron chi connectivity index (χ1n) is 10.1. The Morgan fingerprint density at radius 1 is 1.19 bits per heavy atom. The number of ether oxygens (including phenoxy) is 1. The lowest BCUT2D eigenvalue weighted by Gasteiger charge is -2.12. The second-order valence-electron chi connectivity index (χ2n) is 7.39. The van der Waals surface area contributed by atoms with Crippen LogP contribution in [0.4, 0.5) is 4.79 Å². The maximum atomic E-state index is 12.6. The second kappa shape index (κ2) is 9.32. The number of aryl methyl sites for hydroxylation is 1. The van der Waals surface area contributed by atoms with Crippen LogP contribution in [0.2, 0.25) is 0 Å². The van der Waals surface area contributed by atoms with Gasteiger partial charge in [0.05, 0.1) is 24.7 Å². The molecule has 1 aliphatic rings. The molecule has 0 aliphatic carbocycles. The van der Waals surface area contributed by atoms with E-state index in [1.54, 1.807) is 31.6 Å². The Labute approximate surface area is 189 Å². The SMILES string of the molecule is COc1ccc(C=C2SC(=O)N(CCNC(=O)Cc3coc4cc(C)ccc34)C2=O)cc1. The summed E-state index contributed by atoms with van der Waals surface area (Å²) in [7, 11) is 1.58. The Balaban J connectivity index is 1.32. The maximum Gasteiger partial charge on any atom is 0.293 e. The molecule has 0 bridgehead atoms. The lowest BCUT2D eigenvalue weighted by Crippen LogP contribution is -2.37. The summed E-state index contributed by atoms with van der Waals surface area (Å²) in [5, 5.41) is 3.33. The summed E-state index contributed by atoms with van der Waals surface area (Å²) < 4.78 is 10.6. The zero-order valence-electron chi connectivity index (χ0n) is 17.7. The van der Waals surface area contributed by atoms with Crippen LogP contribution < -0.4 is 10.1 Å². The minimum atomic E-state index is -0.360. The van der Waals surface area contributed by atoms with E-state index in [9.17, 15) is 14.4 Å². The number of methoxy groups -OCH3 is 1. The molecule has 32 heavy (non-hydrogen) atoms. The van der Waals surface area contributed by atoms with Gasteiger partial charge in [-0.3, -0.25) is 19.3 Å². The molecule has 0 atom stereocenters. The average Bonchev–Trinajstić information content (AvgIpc) is 3.29. The predicted molar refractivity (Wildman–Crippen MR) is 123 cm³/mol. The monoisotopic (exact) mass is 450 g/mol. The largest absolute Gasteiger partial charge is 0.497 e. The highest BCUT2D eigenvalue weighted by atomic mass is 32.2. The van der Waals surface area contributed by atoms with Crippen molar-refractivity contribution in [2.45, 2.75) is 13.3 Å². The first-order valence-corrected chi connectivity index (χ1v) is 10.9. The quantitative estimate of drug-likeness (QED) is 0.544. The Morgan fingerprint density at radius 3 is 2.72 bits per heavy atom. The predicted octanol–water partition coefficient (Wildman–Crippen LogP) is 4.15. The molecule has 1 aromatic heterocycles. The van der Waals surface area contributed by atoms with E-state index >= 15 is 0 Å². The highest BCUT2D eigenvalue weighted by Gasteiger charge is 2.34. The smallest absolute Gasteiger partial charge is 0.293 e. The Bertz CT molecular complexity index is 1210. The van der Waals surface area contributed by atoms with Gasteiger partial charge < -0.3 is 14.5 Å². The van der Waals surface area contributed by atoms with Crippen LogP contribution in [0.25, 0.3) is 17.0 Å². The van der Waals surface area contributed by atoms with E-state index in [1.807, 2.05) is 37.3 Å². The van der Waals surface area contributed by atoms with Crippen LogP contribution in [0.5, 0.6) is 5.75 Å². The van der Waals surface area contributed by atoms with Crippen LogP contribution in [0.15, 0.2) is 58.1 Å². The van der Waals surface area contributed by atoms with Crippen molar-refractivity contribution >= 4 is 45.9 Å². The molecule has 1 saturated heterocycles. The fraction of sp³-hybridized carbons (Fsp3) is 0.208. The molecule has 2 aromatic carbocycles. The van der Waals surface area contributed by atoms with Crippen LogP contribution in [0.3, 0.4) is 0 Å². The molecule has 3 aromatic rings. The van der Waals surface area contributed by atoms with Crippen LogP contribution in [-0.4, -0.2) is 42.2 Å². The van der Waals surface area contributed by atoms with E-state index in [0.29, 0.717) is 10.7 Å². The van der Waals surface area contributed by atoms with Crippen molar-refractivity contribution in [3.63, 3.8) is 0 Å². The van der Waals surface area contributed by atoms with E-state index < -0.39 is 0 Å². The van der Waals surface area contributed by atoms with Crippen molar-refractivity contribution in [2.75, 3.05) is 20.2 Å².